The smallest absolute Gasteiger partial charge is 0.251 e. The van der Waals surface area contributed by atoms with Crippen LogP contribution in [0.1, 0.15) is 47.3 Å². The molecule has 3 rings (SSSR count). The Labute approximate surface area is 142 Å². The van der Waals surface area contributed by atoms with Crippen molar-refractivity contribution < 1.29 is 9.59 Å². The zero-order chi connectivity index (χ0) is 16.9. The van der Waals surface area contributed by atoms with Gasteiger partial charge in [0.2, 0.25) is 5.91 Å². The fraction of sp³-hybridized carbons (Fsp3) is 0.300. The highest BCUT2D eigenvalue weighted by Gasteiger charge is 2.20. The molecule has 4 nitrogen and oxygen atoms in total. The predicted molar refractivity (Wildman–Crippen MR) is 93.4 cm³/mol. The van der Waals surface area contributed by atoms with Crippen LogP contribution in [0.3, 0.4) is 0 Å². The highest BCUT2D eigenvalue weighted by molar-refractivity contribution is 5.94. The standard InChI is InChI=1S/C20H22N2O2/c1-15(17-8-3-2-4-9-17)21-20(24)18-10-5-7-16(13-18)14-22-12-6-11-19(22)23/h2-5,7-10,13,15H,6,11-12,14H2,1H3,(H,21,24)/t15-/m1/s1. The molecule has 24 heavy (non-hydrogen) atoms. The third-order valence-electron chi connectivity index (χ3n) is 4.38. The number of amides is 2. The summed E-state index contributed by atoms with van der Waals surface area (Å²) < 4.78 is 0. The van der Waals surface area contributed by atoms with Crippen LogP contribution in [-0.2, 0) is 11.3 Å². The summed E-state index contributed by atoms with van der Waals surface area (Å²) in [5.41, 5.74) is 2.69. The van der Waals surface area contributed by atoms with E-state index in [2.05, 4.69) is 5.32 Å². The summed E-state index contributed by atoms with van der Waals surface area (Å²) in [4.78, 5) is 26.1. The van der Waals surface area contributed by atoms with E-state index in [9.17, 15) is 9.59 Å². The maximum atomic E-state index is 12.5. The number of benzene rings is 2. The minimum Gasteiger partial charge on any atom is -0.346 e. The number of hydrogen-bond donors (Lipinski definition) is 1. The molecular formula is C20H22N2O2. The number of carbonyl (C=O) groups is 2. The Morgan fingerprint density at radius 2 is 1.96 bits per heavy atom. The van der Waals surface area contributed by atoms with Crippen LogP contribution in [0.25, 0.3) is 0 Å². The highest BCUT2D eigenvalue weighted by Crippen LogP contribution is 2.16. The maximum absolute atomic E-state index is 12.5. The molecule has 0 aliphatic carbocycles. The zero-order valence-corrected chi connectivity index (χ0v) is 13.9. The first-order valence-corrected chi connectivity index (χ1v) is 8.36. The van der Waals surface area contributed by atoms with E-state index < -0.39 is 0 Å². The lowest BCUT2D eigenvalue weighted by Crippen LogP contribution is -2.27. The van der Waals surface area contributed by atoms with Crippen LogP contribution in [0.5, 0.6) is 0 Å². The van der Waals surface area contributed by atoms with E-state index in [1.165, 1.54) is 0 Å². The van der Waals surface area contributed by atoms with Crippen molar-refractivity contribution in [2.24, 2.45) is 0 Å². The largest absolute Gasteiger partial charge is 0.346 e. The molecule has 1 fully saturated rings. The van der Waals surface area contributed by atoms with Crippen molar-refractivity contribution in [3.8, 4) is 0 Å². The number of hydrogen-bond acceptors (Lipinski definition) is 2. The molecule has 0 radical (unpaired) electrons. The van der Waals surface area contributed by atoms with Crippen molar-refractivity contribution in [1.29, 1.82) is 0 Å². The molecule has 2 aromatic carbocycles. The highest BCUT2D eigenvalue weighted by atomic mass is 16.2. The summed E-state index contributed by atoms with van der Waals surface area (Å²) in [6, 6.07) is 17.4. The van der Waals surface area contributed by atoms with Gasteiger partial charge in [0.15, 0.2) is 0 Å². The van der Waals surface area contributed by atoms with Gasteiger partial charge in [0.1, 0.15) is 0 Å². The molecule has 124 valence electrons. The van der Waals surface area contributed by atoms with Crippen LogP contribution >= 0.6 is 0 Å². The van der Waals surface area contributed by atoms with E-state index >= 15 is 0 Å². The lowest BCUT2D eigenvalue weighted by Gasteiger charge is -2.17. The second-order valence-electron chi connectivity index (χ2n) is 6.23. The van der Waals surface area contributed by atoms with E-state index in [4.69, 9.17) is 0 Å². The van der Waals surface area contributed by atoms with Gasteiger partial charge < -0.3 is 10.2 Å². The average molecular weight is 322 g/mol. The average Bonchev–Trinajstić information content (AvgIpc) is 3.00. The fourth-order valence-corrected chi connectivity index (χ4v) is 3.01. The minimum absolute atomic E-state index is 0.0532. The molecule has 0 aromatic heterocycles. The van der Waals surface area contributed by atoms with Gasteiger partial charge in [-0.15, -0.1) is 0 Å². The Hall–Kier alpha value is -2.62. The number of nitrogens with zero attached hydrogens (tertiary/aromatic N) is 1. The Morgan fingerprint density at radius 1 is 1.17 bits per heavy atom. The zero-order valence-electron chi connectivity index (χ0n) is 13.9. The summed E-state index contributed by atoms with van der Waals surface area (Å²) in [5, 5.41) is 3.02. The topological polar surface area (TPSA) is 49.4 Å². The molecule has 1 aliphatic heterocycles. The van der Waals surface area contributed by atoms with Crippen LogP contribution in [-0.4, -0.2) is 23.3 Å². The Morgan fingerprint density at radius 3 is 2.67 bits per heavy atom. The van der Waals surface area contributed by atoms with E-state index in [0.29, 0.717) is 18.5 Å². The Balaban J connectivity index is 1.67. The summed E-state index contributed by atoms with van der Waals surface area (Å²) in [7, 11) is 0. The normalized spacial score (nSPS) is 15.4. The van der Waals surface area contributed by atoms with Crippen LogP contribution < -0.4 is 5.32 Å². The molecule has 1 atom stereocenters. The lowest BCUT2D eigenvalue weighted by atomic mass is 10.1. The van der Waals surface area contributed by atoms with Crippen molar-refractivity contribution in [2.75, 3.05) is 6.54 Å². The quantitative estimate of drug-likeness (QED) is 0.918. The molecule has 2 amide bonds. The number of likely N-dealkylation sites (tertiary alicyclic amines) is 1. The van der Waals surface area contributed by atoms with Gasteiger partial charge >= 0.3 is 0 Å². The molecule has 0 saturated carbocycles. The van der Waals surface area contributed by atoms with Crippen LogP contribution in [0.15, 0.2) is 54.6 Å². The number of carbonyl (C=O) groups excluding carboxylic acids is 2. The summed E-state index contributed by atoms with van der Waals surface area (Å²) in [6.07, 6.45) is 1.56. The molecule has 1 heterocycles. The molecule has 1 aliphatic rings. The predicted octanol–water partition coefficient (Wildman–Crippen LogP) is 3.30. The molecular weight excluding hydrogens is 300 g/mol. The van der Waals surface area contributed by atoms with Gasteiger partial charge in [-0.2, -0.15) is 0 Å². The maximum Gasteiger partial charge on any atom is 0.251 e. The molecule has 2 aromatic rings. The van der Waals surface area contributed by atoms with Gasteiger partial charge in [-0.1, -0.05) is 42.5 Å². The van der Waals surface area contributed by atoms with Gasteiger partial charge in [0.05, 0.1) is 6.04 Å². The van der Waals surface area contributed by atoms with E-state index in [1.54, 1.807) is 0 Å². The second kappa shape index (κ2) is 7.30. The van der Waals surface area contributed by atoms with Crippen molar-refractivity contribution in [1.82, 2.24) is 10.2 Å². The van der Waals surface area contributed by atoms with Crippen molar-refractivity contribution >= 4 is 11.8 Å². The van der Waals surface area contributed by atoms with Gasteiger partial charge in [0, 0.05) is 25.1 Å². The van der Waals surface area contributed by atoms with Crippen molar-refractivity contribution in [3.63, 3.8) is 0 Å². The van der Waals surface area contributed by atoms with Gasteiger partial charge in [-0.3, -0.25) is 9.59 Å². The Kier molecular flexibility index (Phi) is 4.94. The third-order valence-corrected chi connectivity index (χ3v) is 4.38. The Bertz CT molecular complexity index is 727. The van der Waals surface area contributed by atoms with E-state index in [0.717, 1.165) is 24.1 Å². The van der Waals surface area contributed by atoms with Crippen LogP contribution in [0.2, 0.25) is 0 Å². The lowest BCUT2D eigenvalue weighted by molar-refractivity contribution is -0.128. The molecule has 0 spiro atoms. The van der Waals surface area contributed by atoms with Crippen molar-refractivity contribution in [3.05, 3.63) is 71.3 Å². The third kappa shape index (κ3) is 3.82. The summed E-state index contributed by atoms with van der Waals surface area (Å²) in [6.45, 7) is 3.36. The molecule has 0 unspecified atom stereocenters. The number of rotatable bonds is 5. The summed E-state index contributed by atoms with van der Waals surface area (Å²) in [5.74, 6) is 0.100. The molecule has 0 bridgehead atoms. The van der Waals surface area contributed by atoms with Gasteiger partial charge in [-0.05, 0) is 36.6 Å². The molecule has 1 saturated heterocycles. The molecule has 1 N–H and O–H groups in total. The minimum atomic E-state index is -0.0963. The molecule has 4 heteroatoms. The van der Waals surface area contributed by atoms with Gasteiger partial charge in [0.25, 0.3) is 5.91 Å². The van der Waals surface area contributed by atoms with Gasteiger partial charge in [-0.25, -0.2) is 0 Å². The first-order valence-electron chi connectivity index (χ1n) is 8.36. The van der Waals surface area contributed by atoms with Crippen LogP contribution in [0.4, 0.5) is 0 Å². The van der Waals surface area contributed by atoms with Crippen molar-refractivity contribution in [2.45, 2.75) is 32.4 Å². The SMILES string of the molecule is C[C@@H](NC(=O)c1cccc(CN2CCCC2=O)c1)c1ccccc1. The van der Waals surface area contributed by atoms with E-state index in [-0.39, 0.29) is 17.9 Å². The monoisotopic (exact) mass is 322 g/mol. The first kappa shape index (κ1) is 16.2. The number of nitrogens with one attached hydrogen (secondary N) is 1. The van der Waals surface area contributed by atoms with Crippen LogP contribution in [0, 0.1) is 0 Å². The first-order chi connectivity index (χ1) is 11.6. The summed E-state index contributed by atoms with van der Waals surface area (Å²) >= 11 is 0. The van der Waals surface area contributed by atoms with E-state index in [1.807, 2.05) is 66.4 Å². The second-order valence-corrected chi connectivity index (χ2v) is 6.23. The fourth-order valence-electron chi connectivity index (χ4n) is 3.01.